The van der Waals surface area contributed by atoms with E-state index in [1.165, 1.54) is 19.2 Å². The molecule has 1 unspecified atom stereocenters. The lowest BCUT2D eigenvalue weighted by Gasteiger charge is -2.35. The first kappa shape index (κ1) is 25.1. The molecule has 7 heteroatoms. The quantitative estimate of drug-likeness (QED) is 0.324. The second kappa shape index (κ2) is 13.3. The van der Waals surface area contributed by atoms with Crippen LogP contribution in [0.15, 0.2) is 23.2 Å². The van der Waals surface area contributed by atoms with E-state index < -0.39 is 0 Å². The maximum atomic E-state index is 13.4. The molecule has 2 N–H and O–H groups in total. The molecule has 160 valence electrons. The molecule has 2 rings (SSSR count). The van der Waals surface area contributed by atoms with Crippen molar-refractivity contribution in [2.75, 3.05) is 52.4 Å². The number of hydrogen-bond donors (Lipinski definition) is 2. The van der Waals surface area contributed by atoms with Gasteiger partial charge < -0.3 is 20.4 Å². The molecule has 1 aliphatic rings. The molecule has 1 fully saturated rings. The Morgan fingerprint density at radius 3 is 2.43 bits per heavy atom. The van der Waals surface area contributed by atoms with E-state index >= 15 is 0 Å². The first-order valence-corrected chi connectivity index (χ1v) is 10.2. The van der Waals surface area contributed by atoms with Gasteiger partial charge in [0.2, 0.25) is 0 Å². The molecule has 0 saturated carbocycles. The van der Waals surface area contributed by atoms with Gasteiger partial charge in [-0.1, -0.05) is 26.0 Å². The lowest BCUT2D eigenvalue weighted by atomic mass is 10.1. The van der Waals surface area contributed by atoms with Crippen LogP contribution >= 0.6 is 24.0 Å². The molecule has 0 spiro atoms. The zero-order valence-electron chi connectivity index (χ0n) is 17.8. The van der Waals surface area contributed by atoms with Gasteiger partial charge in [0.15, 0.2) is 5.96 Å². The predicted molar refractivity (Wildman–Crippen MR) is 127 cm³/mol. The highest BCUT2D eigenvalue weighted by Gasteiger charge is 2.17. The summed E-state index contributed by atoms with van der Waals surface area (Å²) in [5.74, 6) is 1.21. The fourth-order valence-corrected chi connectivity index (χ4v) is 3.38. The molecule has 0 aliphatic carbocycles. The summed E-state index contributed by atoms with van der Waals surface area (Å²) in [5.41, 5.74) is 1.69. The van der Waals surface area contributed by atoms with Gasteiger partial charge in [0, 0.05) is 45.8 Å². The second-order valence-corrected chi connectivity index (χ2v) is 7.50. The van der Waals surface area contributed by atoms with Crippen molar-refractivity contribution in [1.82, 2.24) is 20.4 Å². The van der Waals surface area contributed by atoms with Gasteiger partial charge in [0.1, 0.15) is 5.82 Å². The van der Waals surface area contributed by atoms with Crippen molar-refractivity contribution in [2.45, 2.75) is 34.2 Å². The van der Waals surface area contributed by atoms with Gasteiger partial charge >= 0.3 is 0 Å². The first-order valence-electron chi connectivity index (χ1n) is 10.2. The number of benzene rings is 1. The van der Waals surface area contributed by atoms with Gasteiger partial charge in [-0.2, -0.15) is 0 Å². The van der Waals surface area contributed by atoms with Crippen molar-refractivity contribution in [3.05, 3.63) is 35.1 Å². The molecule has 5 nitrogen and oxygen atoms in total. The van der Waals surface area contributed by atoms with Crippen molar-refractivity contribution < 1.29 is 4.39 Å². The van der Waals surface area contributed by atoms with Crippen LogP contribution in [0.2, 0.25) is 0 Å². The van der Waals surface area contributed by atoms with E-state index in [0.717, 1.165) is 50.8 Å². The predicted octanol–water partition coefficient (Wildman–Crippen LogP) is 3.08. The van der Waals surface area contributed by atoms with Crippen molar-refractivity contribution >= 4 is 29.9 Å². The van der Waals surface area contributed by atoms with Crippen LogP contribution in [-0.4, -0.2) is 68.1 Å². The SMILES string of the molecule is CCNC(=NCc1ccc(F)c(C)c1)NCC(C)CN1CCN(CC)CC1.I. The Balaban J connectivity index is 0.00000392. The largest absolute Gasteiger partial charge is 0.357 e. The molecule has 1 aromatic rings. The van der Waals surface area contributed by atoms with Crippen LogP contribution in [-0.2, 0) is 6.54 Å². The lowest BCUT2D eigenvalue weighted by molar-refractivity contribution is 0.124. The summed E-state index contributed by atoms with van der Waals surface area (Å²) in [6.07, 6.45) is 0. The van der Waals surface area contributed by atoms with Gasteiger partial charge in [-0.15, -0.1) is 24.0 Å². The average Bonchev–Trinajstić information content (AvgIpc) is 2.67. The van der Waals surface area contributed by atoms with Gasteiger partial charge in [0.05, 0.1) is 6.54 Å². The number of aryl methyl sites for hydroxylation is 1. The number of hydrogen-bond acceptors (Lipinski definition) is 3. The number of aliphatic imine (C=N–C) groups is 1. The van der Waals surface area contributed by atoms with Crippen molar-refractivity contribution in [2.24, 2.45) is 10.9 Å². The summed E-state index contributed by atoms with van der Waals surface area (Å²) in [4.78, 5) is 9.71. The van der Waals surface area contributed by atoms with Crippen molar-refractivity contribution in [1.29, 1.82) is 0 Å². The summed E-state index contributed by atoms with van der Waals surface area (Å²) in [6, 6.07) is 5.18. The minimum absolute atomic E-state index is 0. The van der Waals surface area contributed by atoms with Crippen LogP contribution in [0.1, 0.15) is 31.9 Å². The Labute approximate surface area is 187 Å². The molecular weight excluding hydrogens is 468 g/mol. The minimum atomic E-state index is -0.165. The normalized spacial score (nSPS) is 17.1. The molecule has 0 amide bonds. The van der Waals surface area contributed by atoms with Crippen LogP contribution < -0.4 is 10.6 Å². The van der Waals surface area contributed by atoms with Crippen LogP contribution in [0.3, 0.4) is 0 Å². The molecular formula is C21H37FIN5. The van der Waals surface area contributed by atoms with E-state index in [0.29, 0.717) is 18.0 Å². The van der Waals surface area contributed by atoms with E-state index in [4.69, 9.17) is 0 Å². The smallest absolute Gasteiger partial charge is 0.191 e. The van der Waals surface area contributed by atoms with E-state index in [2.05, 4.69) is 46.2 Å². The van der Waals surface area contributed by atoms with E-state index in [1.807, 2.05) is 6.07 Å². The second-order valence-electron chi connectivity index (χ2n) is 7.50. The molecule has 1 aliphatic heterocycles. The summed E-state index contributed by atoms with van der Waals surface area (Å²) in [5, 5.41) is 6.75. The van der Waals surface area contributed by atoms with Gasteiger partial charge in [0.25, 0.3) is 0 Å². The van der Waals surface area contributed by atoms with Crippen LogP contribution in [0.25, 0.3) is 0 Å². The standard InChI is InChI=1S/C21H36FN5.HI/c1-5-23-21(25-15-19-7-8-20(22)18(4)13-19)24-14-17(3)16-27-11-9-26(6-2)10-12-27;/h7-8,13,17H,5-6,9-12,14-16H2,1-4H3,(H2,23,24,25);1H. The molecule has 0 aromatic heterocycles. The highest BCUT2D eigenvalue weighted by atomic mass is 127. The fraction of sp³-hybridized carbons (Fsp3) is 0.667. The third kappa shape index (κ3) is 8.61. The third-order valence-corrected chi connectivity index (χ3v) is 5.09. The Morgan fingerprint density at radius 2 is 1.82 bits per heavy atom. The highest BCUT2D eigenvalue weighted by molar-refractivity contribution is 14.0. The molecule has 1 saturated heterocycles. The molecule has 0 radical (unpaired) electrons. The third-order valence-electron chi connectivity index (χ3n) is 5.09. The minimum Gasteiger partial charge on any atom is -0.357 e. The molecule has 1 heterocycles. The Hall–Kier alpha value is -0.930. The topological polar surface area (TPSA) is 42.9 Å². The number of rotatable bonds is 8. The van der Waals surface area contributed by atoms with E-state index in [9.17, 15) is 4.39 Å². The maximum absolute atomic E-state index is 13.4. The maximum Gasteiger partial charge on any atom is 0.191 e. The number of guanidine groups is 1. The number of piperazine rings is 1. The van der Waals surface area contributed by atoms with Gasteiger partial charge in [-0.05, 0) is 43.5 Å². The molecule has 1 aromatic carbocycles. The first-order chi connectivity index (χ1) is 13.0. The average molecular weight is 505 g/mol. The van der Waals surface area contributed by atoms with Gasteiger partial charge in [-0.3, -0.25) is 0 Å². The summed E-state index contributed by atoms with van der Waals surface area (Å²) < 4.78 is 13.4. The molecule has 1 atom stereocenters. The summed E-state index contributed by atoms with van der Waals surface area (Å²) >= 11 is 0. The van der Waals surface area contributed by atoms with Crippen LogP contribution in [0.5, 0.6) is 0 Å². The zero-order chi connectivity index (χ0) is 19.6. The summed E-state index contributed by atoms with van der Waals surface area (Å²) in [6.45, 7) is 17.6. The monoisotopic (exact) mass is 505 g/mol. The van der Waals surface area contributed by atoms with Crippen molar-refractivity contribution in [3.8, 4) is 0 Å². The van der Waals surface area contributed by atoms with Gasteiger partial charge in [-0.25, -0.2) is 9.38 Å². The highest BCUT2D eigenvalue weighted by Crippen LogP contribution is 2.10. The number of likely N-dealkylation sites (N-methyl/N-ethyl adjacent to an activating group) is 1. The molecule has 0 bridgehead atoms. The van der Waals surface area contributed by atoms with Crippen molar-refractivity contribution in [3.63, 3.8) is 0 Å². The number of halogens is 2. The Morgan fingerprint density at radius 1 is 1.14 bits per heavy atom. The van der Waals surface area contributed by atoms with Crippen LogP contribution in [0.4, 0.5) is 4.39 Å². The number of nitrogens with zero attached hydrogens (tertiary/aromatic N) is 3. The van der Waals surface area contributed by atoms with E-state index in [1.54, 1.807) is 13.0 Å². The molecule has 28 heavy (non-hydrogen) atoms. The lowest BCUT2D eigenvalue weighted by Crippen LogP contribution is -2.48. The fourth-order valence-electron chi connectivity index (χ4n) is 3.38. The summed E-state index contributed by atoms with van der Waals surface area (Å²) in [7, 11) is 0. The number of nitrogens with one attached hydrogen (secondary N) is 2. The Kier molecular flexibility index (Phi) is 11.9. The van der Waals surface area contributed by atoms with E-state index in [-0.39, 0.29) is 29.8 Å². The van der Waals surface area contributed by atoms with Crippen LogP contribution in [0, 0.1) is 18.7 Å². The Bertz CT molecular complexity index is 602. The zero-order valence-corrected chi connectivity index (χ0v) is 20.1.